The zero-order chi connectivity index (χ0) is 41.9. The van der Waals surface area contributed by atoms with E-state index in [9.17, 15) is 0 Å². The first kappa shape index (κ1) is 43.0. The van der Waals surface area contributed by atoms with Gasteiger partial charge in [-0.15, -0.1) is 0 Å². The number of nitrogens with two attached hydrogens (primary N) is 4. The minimum atomic E-state index is -4.43. The van der Waals surface area contributed by atoms with E-state index in [4.69, 9.17) is 60.8 Å². The lowest BCUT2D eigenvalue weighted by molar-refractivity contribution is 0.374. The highest BCUT2D eigenvalue weighted by molar-refractivity contribution is 7.92. The predicted molar refractivity (Wildman–Crippen MR) is 222 cm³/mol. The van der Waals surface area contributed by atoms with Crippen LogP contribution in [0.15, 0.2) is 82.8 Å². The fourth-order valence-electron chi connectivity index (χ4n) is 5.96. The number of ether oxygens (including phenoxy) is 8. The van der Waals surface area contributed by atoms with Crippen molar-refractivity contribution in [1.82, 2.24) is 0 Å². The first-order valence-corrected chi connectivity index (χ1v) is 18.6. The third kappa shape index (κ3) is 9.93. The van der Waals surface area contributed by atoms with E-state index in [-0.39, 0.29) is 34.4 Å². The van der Waals surface area contributed by atoms with E-state index in [1.807, 2.05) is 0 Å². The van der Waals surface area contributed by atoms with Gasteiger partial charge in [-0.1, -0.05) is 24.3 Å². The van der Waals surface area contributed by atoms with Crippen molar-refractivity contribution < 1.29 is 46.3 Å². The maximum absolute atomic E-state index is 15.6. The molecule has 0 saturated heterocycles. The molecule has 0 aliphatic rings. The topological polar surface area (TPSA) is 237 Å². The Balaban J connectivity index is 2.11. The largest absolute Gasteiger partial charge is 0.496 e. The van der Waals surface area contributed by atoms with Crippen molar-refractivity contribution >= 4 is 45.3 Å². The summed E-state index contributed by atoms with van der Waals surface area (Å²) in [6.45, 7) is 0. The Morgan fingerprint density at radius 3 is 1.07 bits per heavy atom. The zero-order valence-corrected chi connectivity index (χ0v) is 33.7. The number of hydrogen-bond donors (Lipinski definition) is 4. The normalized spacial score (nSPS) is 12.4. The lowest BCUT2D eigenvalue weighted by Gasteiger charge is -2.23. The van der Waals surface area contributed by atoms with Crippen molar-refractivity contribution in [2.75, 3.05) is 56.9 Å². The maximum Gasteiger partial charge on any atom is 0.191 e. The molecule has 0 aromatic heterocycles. The van der Waals surface area contributed by atoms with Crippen molar-refractivity contribution in [2.45, 2.75) is 10.5 Å². The summed E-state index contributed by atoms with van der Waals surface area (Å²) in [5, 5.41) is -2.79. The van der Waals surface area contributed by atoms with Gasteiger partial charge in [-0.25, -0.2) is 18.4 Å². The third-order valence-corrected chi connectivity index (χ3v) is 10.9. The van der Waals surface area contributed by atoms with E-state index >= 15 is 8.42 Å². The number of methoxy groups -OCH3 is 8. The van der Waals surface area contributed by atoms with Crippen LogP contribution in [0.5, 0.6) is 46.0 Å². The second-order valence-corrected chi connectivity index (χ2v) is 14.2. The van der Waals surface area contributed by atoms with Crippen LogP contribution in [0, 0.1) is 0 Å². The number of aliphatic imine (C=N–C) groups is 2. The zero-order valence-electron chi connectivity index (χ0n) is 32.9. The fraction of sp³-hybridized carbons (Fsp3) is 0.250. The quantitative estimate of drug-likeness (QED) is 0.0749. The van der Waals surface area contributed by atoms with Crippen LogP contribution in [0.3, 0.4) is 0 Å². The van der Waals surface area contributed by atoms with Crippen LogP contribution in [0.1, 0.15) is 32.8 Å². The van der Waals surface area contributed by atoms with Gasteiger partial charge < -0.3 is 60.8 Å². The van der Waals surface area contributed by atoms with Gasteiger partial charge in [-0.3, -0.25) is 0 Å². The molecule has 0 radical (unpaired) electrons. The van der Waals surface area contributed by atoms with Gasteiger partial charge in [0.1, 0.15) is 67.9 Å². The number of rotatable bonds is 18. The molecule has 0 saturated carbocycles. The highest BCUT2D eigenvalue weighted by Gasteiger charge is 2.35. The molecule has 0 aliphatic carbocycles. The smallest absolute Gasteiger partial charge is 0.191 e. The summed E-state index contributed by atoms with van der Waals surface area (Å²) in [7, 11) is 7.37. The molecule has 57 heavy (non-hydrogen) atoms. The molecule has 2 atom stereocenters. The Labute approximate surface area is 332 Å². The molecule has 0 amide bonds. The van der Waals surface area contributed by atoms with Crippen LogP contribution in [-0.4, -0.2) is 77.2 Å². The molecule has 0 aliphatic heterocycles. The molecule has 0 heterocycles. The monoisotopic (exact) mass is 804 g/mol. The molecule has 0 fully saturated rings. The number of guanidine groups is 2. The van der Waals surface area contributed by atoms with Crippen LogP contribution in [0.2, 0.25) is 0 Å². The minimum absolute atomic E-state index is 0.197. The third-order valence-electron chi connectivity index (χ3n) is 8.65. The van der Waals surface area contributed by atoms with Gasteiger partial charge in [0.05, 0.1) is 68.0 Å². The van der Waals surface area contributed by atoms with Crippen LogP contribution >= 0.6 is 0 Å². The molecule has 4 aromatic carbocycles. The first-order chi connectivity index (χ1) is 27.3. The van der Waals surface area contributed by atoms with Crippen molar-refractivity contribution in [3.05, 3.63) is 95.1 Å². The van der Waals surface area contributed by atoms with Crippen molar-refractivity contribution in [3.8, 4) is 46.0 Å². The highest BCUT2D eigenvalue weighted by atomic mass is 32.2. The Kier molecular flexibility index (Phi) is 14.5. The van der Waals surface area contributed by atoms with Crippen molar-refractivity contribution in [1.29, 1.82) is 0 Å². The van der Waals surface area contributed by atoms with Crippen LogP contribution < -0.4 is 60.8 Å². The SMILES string of the molecule is COc1cc(OC)c(C=CC(c2ccc(OC)c(N=C(N)N)c2)S(=O)(=O)C(C=Cc2c(OC)cc(OC)cc2OC)c2ccc(OC)c(N=C(N)N)c2)c(OC)c1. The molecule has 304 valence electrons. The Morgan fingerprint density at radius 1 is 0.491 bits per heavy atom. The number of sulfone groups is 1. The fourth-order valence-corrected chi connectivity index (χ4v) is 7.92. The van der Waals surface area contributed by atoms with E-state index in [0.717, 1.165) is 0 Å². The Morgan fingerprint density at radius 2 is 0.807 bits per heavy atom. The summed E-state index contributed by atoms with van der Waals surface area (Å²) < 4.78 is 75.6. The Bertz CT molecular complexity index is 2080. The van der Waals surface area contributed by atoms with Crippen LogP contribution in [0.4, 0.5) is 11.4 Å². The molecular weight excluding hydrogens is 757 g/mol. The molecule has 16 nitrogen and oxygen atoms in total. The summed E-state index contributed by atoms with van der Waals surface area (Å²) in [6.07, 6.45) is 6.22. The summed E-state index contributed by atoms with van der Waals surface area (Å²) in [5.41, 5.74) is 24.9. The van der Waals surface area contributed by atoms with E-state index in [1.54, 1.807) is 60.7 Å². The van der Waals surface area contributed by atoms with Gasteiger partial charge in [0.15, 0.2) is 21.8 Å². The molecule has 0 spiro atoms. The van der Waals surface area contributed by atoms with E-state index in [2.05, 4.69) is 9.98 Å². The van der Waals surface area contributed by atoms with Gasteiger partial charge in [0.25, 0.3) is 0 Å². The van der Waals surface area contributed by atoms with E-state index in [0.29, 0.717) is 57.1 Å². The second-order valence-electron chi connectivity index (χ2n) is 12.0. The standard InChI is InChI=1S/C40H48N6O10S/c1-49-25-19-33(53-5)27(34(20-25)54-6)11-15-37(23-9-13-31(51-3)29(17-23)45-39(41)42)57(47,48)38(24-10-14-32(52-4)30(18-24)46-40(43)44)16-12-28-35(55-7)21-26(50-2)22-36(28)56-8/h9-22,37-38H,1-8H3,(H4,41,42,45)(H4,43,44,46). The number of hydrogen-bond acceptors (Lipinski definition) is 12. The molecule has 0 bridgehead atoms. The average molecular weight is 805 g/mol. The van der Waals surface area contributed by atoms with E-state index < -0.39 is 20.3 Å². The average Bonchev–Trinajstić information content (AvgIpc) is 3.20. The summed E-state index contributed by atoms with van der Waals surface area (Å²) in [4.78, 5) is 8.41. The van der Waals surface area contributed by atoms with Gasteiger partial charge in [-0.05, 0) is 47.5 Å². The molecule has 4 rings (SSSR count). The molecule has 8 N–H and O–H groups in total. The second kappa shape index (κ2) is 19.2. The van der Waals surface area contributed by atoms with Crippen molar-refractivity contribution in [2.24, 2.45) is 32.9 Å². The summed E-state index contributed by atoms with van der Waals surface area (Å²) in [5.74, 6) is 2.46. The lowest BCUT2D eigenvalue weighted by Crippen LogP contribution is -2.22. The predicted octanol–water partition coefficient (Wildman–Crippen LogP) is 5.19. The number of nitrogens with zero attached hydrogens (tertiary/aromatic N) is 2. The van der Waals surface area contributed by atoms with Gasteiger partial charge in [-0.2, -0.15) is 0 Å². The van der Waals surface area contributed by atoms with E-state index in [1.165, 1.54) is 81.2 Å². The lowest BCUT2D eigenvalue weighted by atomic mass is 10.1. The van der Waals surface area contributed by atoms with Crippen LogP contribution in [0.25, 0.3) is 12.2 Å². The Hall–Kier alpha value is -6.75. The van der Waals surface area contributed by atoms with Crippen LogP contribution in [-0.2, 0) is 9.84 Å². The van der Waals surface area contributed by atoms with Gasteiger partial charge >= 0.3 is 0 Å². The first-order valence-electron chi connectivity index (χ1n) is 17.0. The minimum Gasteiger partial charge on any atom is -0.496 e. The van der Waals surface area contributed by atoms with Gasteiger partial charge in [0.2, 0.25) is 0 Å². The van der Waals surface area contributed by atoms with Crippen molar-refractivity contribution in [3.63, 3.8) is 0 Å². The molecule has 4 aromatic rings. The molecule has 2 unspecified atom stereocenters. The number of benzene rings is 4. The van der Waals surface area contributed by atoms with Gasteiger partial charge in [0, 0.05) is 24.3 Å². The molecule has 17 heteroatoms. The highest BCUT2D eigenvalue weighted by Crippen LogP contribution is 2.44. The molecular formula is C40H48N6O10S. The summed E-state index contributed by atoms with van der Waals surface area (Å²) in [6, 6.07) is 16.0. The summed E-state index contributed by atoms with van der Waals surface area (Å²) >= 11 is 0. The maximum atomic E-state index is 15.6.